The fourth-order valence-corrected chi connectivity index (χ4v) is 4.90. The fourth-order valence-electron chi connectivity index (χ4n) is 2.15. The summed E-state index contributed by atoms with van der Waals surface area (Å²) in [5.41, 5.74) is 1.50. The number of nitrogens with zero attached hydrogens (tertiary/aromatic N) is 4. The lowest BCUT2D eigenvalue weighted by Crippen LogP contribution is -1.97. The zero-order valence-corrected chi connectivity index (χ0v) is 19.3. The van der Waals surface area contributed by atoms with E-state index >= 15 is 0 Å². The molecule has 2 aromatic carbocycles. The summed E-state index contributed by atoms with van der Waals surface area (Å²) in [6.45, 7) is 1.81. The van der Waals surface area contributed by atoms with Gasteiger partial charge in [-0.1, -0.05) is 57.0 Å². The Balaban J connectivity index is 1.83. The zero-order valence-electron chi connectivity index (χ0n) is 13.8. The van der Waals surface area contributed by atoms with Crippen LogP contribution in [0, 0.1) is 6.92 Å². The number of halogens is 4. The number of aromatic nitrogens is 3. The highest BCUT2D eigenvalue weighted by Crippen LogP contribution is 2.31. The molecule has 0 bridgehead atoms. The van der Waals surface area contributed by atoms with Crippen LogP contribution < -0.4 is 0 Å². The number of aryl methyl sites for hydroxylation is 1. The van der Waals surface area contributed by atoms with E-state index in [9.17, 15) is 5.11 Å². The van der Waals surface area contributed by atoms with Gasteiger partial charge in [0.15, 0.2) is 5.82 Å². The van der Waals surface area contributed by atoms with Gasteiger partial charge in [-0.3, -0.25) is 0 Å². The number of thioether (sulfide) groups is 1. The Morgan fingerprint density at radius 1 is 1.22 bits per heavy atom. The molecule has 0 amide bonds. The largest absolute Gasteiger partial charge is 0.506 e. The van der Waals surface area contributed by atoms with E-state index in [1.165, 1.54) is 11.8 Å². The van der Waals surface area contributed by atoms with Crippen molar-refractivity contribution in [2.24, 2.45) is 5.10 Å². The van der Waals surface area contributed by atoms with Crippen molar-refractivity contribution in [3.63, 3.8) is 0 Å². The Morgan fingerprint density at radius 2 is 2.00 bits per heavy atom. The SMILES string of the molecule is Cc1nnc(SCc2ccc(Cl)cc2Cl)n1/N=C/c1cc(Br)cc(Br)c1O. The summed E-state index contributed by atoms with van der Waals surface area (Å²) in [6, 6.07) is 8.91. The molecule has 10 heteroatoms. The molecule has 140 valence electrons. The molecule has 27 heavy (non-hydrogen) atoms. The number of phenolic OH excluding ortho intramolecular Hbond substituents is 1. The second-order valence-electron chi connectivity index (χ2n) is 5.44. The van der Waals surface area contributed by atoms with Gasteiger partial charge in [-0.25, -0.2) is 0 Å². The van der Waals surface area contributed by atoms with Crippen LogP contribution in [-0.2, 0) is 5.75 Å². The Kier molecular flexibility index (Phi) is 6.86. The van der Waals surface area contributed by atoms with Gasteiger partial charge >= 0.3 is 0 Å². The molecule has 3 aromatic rings. The maximum absolute atomic E-state index is 10.2. The van der Waals surface area contributed by atoms with Gasteiger partial charge in [0.05, 0.1) is 10.7 Å². The molecule has 0 saturated heterocycles. The van der Waals surface area contributed by atoms with E-state index in [1.54, 1.807) is 42.1 Å². The van der Waals surface area contributed by atoms with Gasteiger partial charge in [-0.2, -0.15) is 9.78 Å². The maximum Gasteiger partial charge on any atom is 0.212 e. The lowest BCUT2D eigenvalue weighted by molar-refractivity contribution is 0.471. The monoisotopic (exact) mass is 548 g/mol. The van der Waals surface area contributed by atoms with Gasteiger partial charge in [0.25, 0.3) is 0 Å². The molecule has 0 radical (unpaired) electrons. The van der Waals surface area contributed by atoms with Crippen molar-refractivity contribution < 1.29 is 5.11 Å². The van der Waals surface area contributed by atoms with Crippen molar-refractivity contribution >= 4 is 73.0 Å². The summed E-state index contributed by atoms with van der Waals surface area (Å²) < 4.78 is 3.01. The van der Waals surface area contributed by atoms with E-state index in [2.05, 4.69) is 47.2 Å². The van der Waals surface area contributed by atoms with Crippen LogP contribution >= 0.6 is 66.8 Å². The van der Waals surface area contributed by atoms with E-state index in [-0.39, 0.29) is 5.75 Å². The third-order valence-corrected chi connectivity index (χ3v) is 6.13. The molecule has 0 atom stereocenters. The van der Waals surface area contributed by atoms with Gasteiger partial charge in [-0.05, 0) is 52.7 Å². The Bertz CT molecular complexity index is 1030. The first-order valence-electron chi connectivity index (χ1n) is 7.56. The molecule has 0 saturated carbocycles. The lowest BCUT2D eigenvalue weighted by atomic mass is 10.2. The van der Waals surface area contributed by atoms with Gasteiger partial charge in [0, 0.05) is 25.8 Å². The Morgan fingerprint density at radius 3 is 2.74 bits per heavy atom. The first-order chi connectivity index (χ1) is 12.8. The summed E-state index contributed by atoms with van der Waals surface area (Å²) in [7, 11) is 0. The number of aromatic hydroxyl groups is 1. The van der Waals surface area contributed by atoms with Crippen LogP contribution in [0.4, 0.5) is 0 Å². The zero-order chi connectivity index (χ0) is 19.6. The third kappa shape index (κ3) is 5.06. The molecular weight excluding hydrogens is 539 g/mol. The smallest absolute Gasteiger partial charge is 0.212 e. The molecule has 0 fully saturated rings. The highest BCUT2D eigenvalue weighted by molar-refractivity contribution is 9.11. The quantitative estimate of drug-likeness (QED) is 0.299. The summed E-state index contributed by atoms with van der Waals surface area (Å²) in [4.78, 5) is 0. The van der Waals surface area contributed by atoms with Crippen LogP contribution in [0.3, 0.4) is 0 Å². The van der Waals surface area contributed by atoms with E-state index in [4.69, 9.17) is 23.2 Å². The molecule has 3 rings (SSSR count). The molecule has 0 aliphatic carbocycles. The van der Waals surface area contributed by atoms with Crippen molar-refractivity contribution in [2.45, 2.75) is 17.8 Å². The number of benzene rings is 2. The van der Waals surface area contributed by atoms with Crippen LogP contribution in [0.25, 0.3) is 0 Å². The third-order valence-electron chi connectivity index (χ3n) is 3.51. The van der Waals surface area contributed by atoms with Crippen LogP contribution in [0.2, 0.25) is 10.0 Å². The highest BCUT2D eigenvalue weighted by atomic mass is 79.9. The number of rotatable bonds is 5. The summed E-state index contributed by atoms with van der Waals surface area (Å²) >= 11 is 20.3. The van der Waals surface area contributed by atoms with Gasteiger partial charge in [0.2, 0.25) is 5.16 Å². The van der Waals surface area contributed by atoms with Gasteiger partial charge in [-0.15, -0.1) is 10.2 Å². The molecular formula is C17H12Br2Cl2N4OS. The normalized spacial score (nSPS) is 11.4. The molecule has 1 N–H and O–H groups in total. The van der Waals surface area contributed by atoms with E-state index in [0.717, 1.165) is 10.0 Å². The lowest BCUT2D eigenvalue weighted by Gasteiger charge is -2.06. The molecule has 0 unspecified atom stereocenters. The second-order valence-corrected chi connectivity index (χ2v) is 8.99. The summed E-state index contributed by atoms with van der Waals surface area (Å²) in [5, 5.41) is 24.6. The van der Waals surface area contributed by atoms with Gasteiger partial charge in [0.1, 0.15) is 5.75 Å². The minimum absolute atomic E-state index is 0.106. The van der Waals surface area contributed by atoms with E-state index < -0.39 is 0 Å². The molecule has 0 spiro atoms. The molecule has 0 aliphatic rings. The molecule has 1 aromatic heterocycles. The number of phenols is 1. The van der Waals surface area contributed by atoms with Crippen molar-refractivity contribution in [1.82, 2.24) is 14.9 Å². The van der Waals surface area contributed by atoms with E-state index in [1.807, 2.05) is 6.07 Å². The highest BCUT2D eigenvalue weighted by Gasteiger charge is 2.11. The average Bonchev–Trinajstić information content (AvgIpc) is 2.96. The molecule has 1 heterocycles. The standard InChI is InChI=1S/C17H12Br2Cl2N4OS/c1-9-23-24-17(27-8-10-2-3-13(20)6-15(10)21)25(9)22-7-11-4-12(18)5-14(19)16(11)26/h2-7,26H,8H2,1H3/b22-7+. The topological polar surface area (TPSA) is 63.3 Å². The maximum atomic E-state index is 10.2. The summed E-state index contributed by atoms with van der Waals surface area (Å²) in [5.74, 6) is 1.33. The summed E-state index contributed by atoms with van der Waals surface area (Å²) in [6.07, 6.45) is 1.56. The molecule has 5 nitrogen and oxygen atoms in total. The van der Waals surface area contributed by atoms with Crippen molar-refractivity contribution in [2.75, 3.05) is 0 Å². The Hall–Kier alpha value is -1.06. The molecule has 0 aliphatic heterocycles. The van der Waals surface area contributed by atoms with Crippen LogP contribution in [0.5, 0.6) is 5.75 Å². The van der Waals surface area contributed by atoms with Crippen LogP contribution in [0.1, 0.15) is 17.0 Å². The second kappa shape index (κ2) is 8.96. The number of hydrogen-bond acceptors (Lipinski definition) is 5. The van der Waals surface area contributed by atoms with E-state index in [0.29, 0.717) is 36.8 Å². The predicted molar refractivity (Wildman–Crippen MR) is 117 cm³/mol. The van der Waals surface area contributed by atoms with Crippen LogP contribution in [0.15, 0.2) is 49.5 Å². The minimum Gasteiger partial charge on any atom is -0.506 e. The van der Waals surface area contributed by atoms with Gasteiger partial charge < -0.3 is 5.11 Å². The first kappa shape index (κ1) is 20.7. The Labute approximate surface area is 187 Å². The minimum atomic E-state index is 0.106. The van der Waals surface area contributed by atoms with Crippen molar-refractivity contribution in [3.8, 4) is 5.75 Å². The average molecular weight is 551 g/mol. The first-order valence-corrected chi connectivity index (χ1v) is 10.9. The predicted octanol–water partition coefficient (Wildman–Crippen LogP) is 6.30. The number of hydrogen-bond donors (Lipinski definition) is 1. The fraction of sp³-hybridized carbons (Fsp3) is 0.118. The van der Waals surface area contributed by atoms with Crippen molar-refractivity contribution in [1.29, 1.82) is 0 Å². The van der Waals surface area contributed by atoms with Crippen LogP contribution in [-0.4, -0.2) is 26.2 Å². The van der Waals surface area contributed by atoms with Crippen molar-refractivity contribution in [3.05, 3.63) is 66.3 Å².